The van der Waals surface area contributed by atoms with Gasteiger partial charge in [0, 0.05) is 24.8 Å². The zero-order valence-corrected chi connectivity index (χ0v) is 18.5. The second-order valence-electron chi connectivity index (χ2n) is 8.70. The second-order valence-corrected chi connectivity index (χ2v) is 9.65. The van der Waals surface area contributed by atoms with Gasteiger partial charge in [-0.3, -0.25) is 0 Å². The zero-order chi connectivity index (χ0) is 20.8. The van der Waals surface area contributed by atoms with Gasteiger partial charge in [-0.1, -0.05) is 48.5 Å². The molecule has 3 aromatic rings. The maximum atomic E-state index is 6.84. The van der Waals surface area contributed by atoms with E-state index >= 15 is 0 Å². The second kappa shape index (κ2) is 7.41. The van der Waals surface area contributed by atoms with Crippen LogP contribution in [0.25, 0.3) is 0 Å². The van der Waals surface area contributed by atoms with E-state index in [2.05, 4.69) is 65.0 Å². The minimum absolute atomic E-state index is 0.198. The average Bonchev–Trinajstić information content (AvgIpc) is 3.51. The molecular formula is C26H26N2O2S. The Morgan fingerprint density at radius 2 is 1.87 bits per heavy atom. The molecule has 0 N–H and O–H groups in total. The first-order valence-corrected chi connectivity index (χ1v) is 12.0. The fourth-order valence-corrected chi connectivity index (χ4v) is 6.20. The summed E-state index contributed by atoms with van der Waals surface area (Å²) in [5, 5.41) is 9.60. The number of rotatable bonds is 3. The van der Waals surface area contributed by atoms with Crippen molar-refractivity contribution in [1.82, 2.24) is 5.01 Å². The van der Waals surface area contributed by atoms with Crippen LogP contribution < -0.4 is 9.47 Å². The fourth-order valence-electron chi connectivity index (χ4n) is 5.48. The van der Waals surface area contributed by atoms with Gasteiger partial charge in [0.1, 0.15) is 0 Å². The van der Waals surface area contributed by atoms with Gasteiger partial charge in [-0.2, -0.15) is 5.10 Å². The Labute approximate surface area is 187 Å². The lowest BCUT2D eigenvalue weighted by atomic mass is 9.78. The highest BCUT2D eigenvalue weighted by molar-refractivity contribution is 7.12. The number of benzene rings is 2. The van der Waals surface area contributed by atoms with Crippen molar-refractivity contribution >= 4 is 17.0 Å². The van der Waals surface area contributed by atoms with Crippen LogP contribution >= 0.6 is 11.3 Å². The highest BCUT2D eigenvalue weighted by atomic mass is 32.1. The van der Waals surface area contributed by atoms with Crippen LogP contribution in [0, 0.1) is 0 Å². The molecule has 158 valence electrons. The van der Waals surface area contributed by atoms with Crippen molar-refractivity contribution in [1.29, 1.82) is 0 Å². The van der Waals surface area contributed by atoms with E-state index < -0.39 is 5.72 Å². The van der Waals surface area contributed by atoms with Gasteiger partial charge in [0.05, 0.1) is 23.7 Å². The number of para-hydroxylation sites is 1. The molecule has 1 spiro atoms. The molecule has 3 aliphatic rings. The third-order valence-corrected chi connectivity index (χ3v) is 7.97. The van der Waals surface area contributed by atoms with Gasteiger partial charge in [0.2, 0.25) is 0 Å². The van der Waals surface area contributed by atoms with E-state index in [1.165, 1.54) is 21.7 Å². The number of hydrogen-bond donors (Lipinski definition) is 0. The Morgan fingerprint density at radius 1 is 1.03 bits per heavy atom. The predicted octanol–water partition coefficient (Wildman–Crippen LogP) is 6.35. The Kier molecular flexibility index (Phi) is 4.53. The quantitative estimate of drug-likeness (QED) is 0.485. The van der Waals surface area contributed by atoms with Crippen LogP contribution in [-0.4, -0.2) is 23.6 Å². The summed E-state index contributed by atoms with van der Waals surface area (Å²) in [4.78, 5) is 1.26. The first-order chi connectivity index (χ1) is 15.3. The maximum Gasteiger partial charge on any atom is 0.198 e. The summed E-state index contributed by atoms with van der Waals surface area (Å²) in [6.07, 6.45) is 5.03. The standard InChI is InChI=1S/C26H26N2O2S/c1-29-23-10-5-9-20-22-17-21(24-11-6-16-31-24)27-28(22)26(30-25(20)23)14-12-19(13-15-26)18-7-3-2-4-8-18/h2-11,16,19,22H,12-15,17H2,1H3/t19?,22-,26?/m0/s1. The van der Waals surface area contributed by atoms with Gasteiger partial charge in [-0.25, -0.2) is 5.01 Å². The van der Waals surface area contributed by atoms with Gasteiger partial charge >= 0.3 is 0 Å². The lowest BCUT2D eigenvalue weighted by molar-refractivity contribution is -0.143. The average molecular weight is 431 g/mol. The summed E-state index contributed by atoms with van der Waals surface area (Å²) in [6, 6.07) is 21.6. The Bertz CT molecular complexity index is 1100. The van der Waals surface area contributed by atoms with Crippen molar-refractivity contribution in [3.05, 3.63) is 82.0 Å². The maximum absolute atomic E-state index is 6.84. The highest BCUT2D eigenvalue weighted by Crippen LogP contribution is 2.55. The molecule has 0 amide bonds. The number of nitrogens with zero attached hydrogens (tertiary/aromatic N) is 2. The minimum Gasteiger partial charge on any atom is -0.493 e. The first-order valence-electron chi connectivity index (χ1n) is 11.1. The molecule has 2 aliphatic heterocycles. The topological polar surface area (TPSA) is 34.1 Å². The monoisotopic (exact) mass is 430 g/mol. The van der Waals surface area contributed by atoms with Crippen LogP contribution in [0.15, 0.2) is 71.1 Å². The van der Waals surface area contributed by atoms with Crippen molar-refractivity contribution in [2.45, 2.75) is 49.8 Å². The van der Waals surface area contributed by atoms with E-state index in [4.69, 9.17) is 14.6 Å². The van der Waals surface area contributed by atoms with Gasteiger partial charge in [-0.05, 0) is 41.8 Å². The molecule has 1 saturated carbocycles. The van der Waals surface area contributed by atoms with Crippen molar-refractivity contribution in [2.24, 2.45) is 5.10 Å². The zero-order valence-electron chi connectivity index (χ0n) is 17.7. The van der Waals surface area contributed by atoms with Crippen molar-refractivity contribution in [3.8, 4) is 11.5 Å². The first kappa shape index (κ1) is 18.9. The number of ether oxygens (including phenoxy) is 2. The molecule has 3 heterocycles. The SMILES string of the molecule is COc1cccc2c1OC1(CCC(c3ccccc3)CC1)N1N=C(c3cccs3)C[C@@H]21. The third kappa shape index (κ3) is 3.06. The molecule has 31 heavy (non-hydrogen) atoms. The molecule has 1 fully saturated rings. The van der Waals surface area contributed by atoms with Crippen LogP contribution in [-0.2, 0) is 0 Å². The molecule has 0 unspecified atom stereocenters. The highest BCUT2D eigenvalue weighted by Gasteiger charge is 2.52. The number of thiophene rings is 1. The molecule has 0 saturated heterocycles. The molecule has 4 nitrogen and oxygen atoms in total. The summed E-state index contributed by atoms with van der Waals surface area (Å²) < 4.78 is 12.5. The van der Waals surface area contributed by atoms with Crippen LogP contribution in [0.1, 0.15) is 60.1 Å². The molecular weight excluding hydrogens is 404 g/mol. The molecule has 1 aromatic heterocycles. The largest absolute Gasteiger partial charge is 0.493 e. The smallest absolute Gasteiger partial charge is 0.198 e. The Morgan fingerprint density at radius 3 is 2.61 bits per heavy atom. The van der Waals surface area contributed by atoms with E-state index in [1.807, 2.05) is 6.07 Å². The van der Waals surface area contributed by atoms with Gasteiger partial charge in [0.15, 0.2) is 17.2 Å². The van der Waals surface area contributed by atoms with Gasteiger partial charge in [0.25, 0.3) is 0 Å². The predicted molar refractivity (Wildman–Crippen MR) is 124 cm³/mol. The van der Waals surface area contributed by atoms with Crippen molar-refractivity contribution < 1.29 is 9.47 Å². The lowest BCUT2D eigenvalue weighted by Gasteiger charge is -2.50. The van der Waals surface area contributed by atoms with Gasteiger partial charge < -0.3 is 9.47 Å². The summed E-state index contributed by atoms with van der Waals surface area (Å²) in [5.41, 5.74) is 3.39. The molecule has 2 aromatic carbocycles. The van der Waals surface area contributed by atoms with E-state index in [9.17, 15) is 0 Å². The normalized spacial score (nSPS) is 26.7. The van der Waals surface area contributed by atoms with E-state index in [-0.39, 0.29) is 6.04 Å². The molecule has 0 bridgehead atoms. The third-order valence-electron chi connectivity index (χ3n) is 7.05. The number of hydrazone groups is 1. The van der Waals surface area contributed by atoms with E-state index in [0.717, 1.165) is 43.6 Å². The van der Waals surface area contributed by atoms with Crippen LogP contribution in [0.2, 0.25) is 0 Å². The fraction of sp³-hybridized carbons (Fsp3) is 0.346. The Balaban J connectivity index is 1.38. The molecule has 1 atom stereocenters. The van der Waals surface area contributed by atoms with Crippen LogP contribution in [0.3, 0.4) is 0 Å². The summed E-state index contributed by atoms with van der Waals surface area (Å²) in [6.45, 7) is 0. The summed E-state index contributed by atoms with van der Waals surface area (Å²) >= 11 is 1.76. The minimum atomic E-state index is -0.406. The molecule has 0 radical (unpaired) electrons. The van der Waals surface area contributed by atoms with E-state index in [1.54, 1.807) is 18.4 Å². The number of fused-ring (bicyclic) bond motifs is 4. The van der Waals surface area contributed by atoms with Crippen molar-refractivity contribution in [2.75, 3.05) is 7.11 Å². The molecule has 6 rings (SSSR count). The van der Waals surface area contributed by atoms with Crippen LogP contribution in [0.5, 0.6) is 11.5 Å². The lowest BCUT2D eigenvalue weighted by Crippen LogP contribution is -2.55. The van der Waals surface area contributed by atoms with Crippen molar-refractivity contribution in [3.63, 3.8) is 0 Å². The van der Waals surface area contributed by atoms with E-state index in [0.29, 0.717) is 5.92 Å². The Hall–Kier alpha value is -2.79. The van der Waals surface area contributed by atoms with Gasteiger partial charge in [-0.15, -0.1) is 11.3 Å². The van der Waals surface area contributed by atoms with Crippen LogP contribution in [0.4, 0.5) is 0 Å². The molecule has 5 heteroatoms. The molecule has 1 aliphatic carbocycles. The number of hydrogen-bond acceptors (Lipinski definition) is 5. The number of methoxy groups -OCH3 is 1. The summed E-state index contributed by atoms with van der Waals surface area (Å²) in [5.74, 6) is 2.31. The summed E-state index contributed by atoms with van der Waals surface area (Å²) in [7, 11) is 1.73.